The van der Waals surface area contributed by atoms with Crippen molar-refractivity contribution in [1.29, 1.82) is 0 Å². The smallest absolute Gasteiger partial charge is 0.434 e. The van der Waals surface area contributed by atoms with E-state index in [1.165, 1.54) is 0 Å². The second kappa shape index (κ2) is 9.63. The van der Waals surface area contributed by atoms with E-state index in [0.29, 0.717) is 23.3 Å². The molecule has 0 fully saturated rings. The number of aromatic nitrogens is 3. The Morgan fingerprint density at radius 1 is 1.03 bits per heavy atom. The number of aryl methyl sites for hydroxylation is 1. The van der Waals surface area contributed by atoms with Crippen LogP contribution in [-0.4, -0.2) is 31.9 Å². The maximum atomic E-state index is 12.9. The maximum Gasteiger partial charge on any atom is 0.434 e. The molecule has 3 N–H and O–H groups in total. The first-order valence-corrected chi connectivity index (χ1v) is 10.6. The van der Waals surface area contributed by atoms with Gasteiger partial charge in [0.1, 0.15) is 16.4 Å². The van der Waals surface area contributed by atoms with Crippen LogP contribution in [0.15, 0.2) is 36.7 Å². The highest BCUT2D eigenvalue weighted by molar-refractivity contribution is 7.10. The van der Waals surface area contributed by atoms with Gasteiger partial charge in [-0.3, -0.25) is 10.1 Å². The van der Waals surface area contributed by atoms with E-state index in [-0.39, 0.29) is 16.4 Å². The predicted octanol–water partition coefficient (Wildman–Crippen LogP) is 5.60. The third-order valence-corrected chi connectivity index (χ3v) is 4.89. The number of anilines is 4. The molecule has 2 aromatic heterocycles. The van der Waals surface area contributed by atoms with E-state index in [1.54, 1.807) is 52.0 Å². The van der Waals surface area contributed by atoms with Crippen molar-refractivity contribution in [2.45, 2.75) is 39.5 Å². The fourth-order valence-corrected chi connectivity index (χ4v) is 3.47. The molecule has 0 bridgehead atoms. The summed E-state index contributed by atoms with van der Waals surface area (Å²) in [5, 5.41) is 8.36. The summed E-state index contributed by atoms with van der Waals surface area (Å²) in [5.41, 5.74) is -0.392. The first-order chi connectivity index (χ1) is 15.8. The van der Waals surface area contributed by atoms with Gasteiger partial charge in [0.15, 0.2) is 5.69 Å². The van der Waals surface area contributed by atoms with E-state index in [0.717, 1.165) is 17.7 Å². The molecule has 0 unspecified atom stereocenters. The Labute approximate surface area is 196 Å². The minimum Gasteiger partial charge on any atom is -0.444 e. The molecule has 9 nitrogen and oxygen atoms in total. The van der Waals surface area contributed by atoms with Gasteiger partial charge in [0.2, 0.25) is 0 Å². The number of carbonyl (C=O) groups excluding carboxylic acids is 2. The number of carbonyl (C=O) groups is 2. The zero-order chi connectivity index (χ0) is 25.1. The summed E-state index contributed by atoms with van der Waals surface area (Å²) in [6.45, 7) is 6.84. The molecule has 0 saturated carbocycles. The van der Waals surface area contributed by atoms with Gasteiger partial charge in [0.25, 0.3) is 5.91 Å². The quantitative estimate of drug-likeness (QED) is 0.422. The van der Waals surface area contributed by atoms with E-state index >= 15 is 0 Å². The van der Waals surface area contributed by atoms with Gasteiger partial charge in [-0.2, -0.15) is 17.5 Å². The fraction of sp³-hybridized carbons (Fsp3) is 0.286. The van der Waals surface area contributed by atoms with Crippen LogP contribution >= 0.6 is 11.5 Å². The molecule has 0 aliphatic carbocycles. The number of halogens is 3. The van der Waals surface area contributed by atoms with Crippen molar-refractivity contribution < 1.29 is 27.5 Å². The van der Waals surface area contributed by atoms with Crippen LogP contribution < -0.4 is 16.0 Å². The molecule has 2 heterocycles. The number of hydrogen-bond acceptors (Lipinski definition) is 8. The van der Waals surface area contributed by atoms with Crippen LogP contribution in [0.2, 0.25) is 0 Å². The van der Waals surface area contributed by atoms with Crippen molar-refractivity contribution in [1.82, 2.24) is 14.3 Å². The van der Waals surface area contributed by atoms with E-state index in [9.17, 15) is 22.8 Å². The van der Waals surface area contributed by atoms with Gasteiger partial charge >= 0.3 is 12.3 Å². The van der Waals surface area contributed by atoms with Crippen LogP contribution in [0.3, 0.4) is 0 Å². The Balaban J connectivity index is 1.73. The van der Waals surface area contributed by atoms with Crippen molar-refractivity contribution in [2.75, 3.05) is 16.0 Å². The minimum atomic E-state index is -4.61. The first kappa shape index (κ1) is 24.9. The number of ether oxygens (including phenoxy) is 1. The van der Waals surface area contributed by atoms with Crippen molar-refractivity contribution in [2.24, 2.45) is 0 Å². The maximum absolute atomic E-state index is 12.9. The van der Waals surface area contributed by atoms with Crippen LogP contribution in [0.4, 0.5) is 40.2 Å². The number of alkyl halides is 3. The van der Waals surface area contributed by atoms with Crippen LogP contribution in [0.5, 0.6) is 0 Å². The van der Waals surface area contributed by atoms with Gasteiger partial charge in [0, 0.05) is 11.4 Å². The zero-order valence-corrected chi connectivity index (χ0v) is 19.4. The topological polar surface area (TPSA) is 118 Å². The molecule has 3 aromatic rings. The summed E-state index contributed by atoms with van der Waals surface area (Å²) in [6.07, 6.45) is -3.73. The second-order valence-corrected chi connectivity index (χ2v) is 8.82. The van der Waals surface area contributed by atoms with Crippen LogP contribution in [-0.2, 0) is 10.9 Å². The normalized spacial score (nSPS) is 11.6. The van der Waals surface area contributed by atoms with Gasteiger partial charge in [-0.05, 0) is 57.4 Å². The largest absolute Gasteiger partial charge is 0.444 e. The summed E-state index contributed by atoms with van der Waals surface area (Å²) in [4.78, 5) is 32.0. The molecule has 180 valence electrons. The van der Waals surface area contributed by atoms with Gasteiger partial charge < -0.3 is 15.4 Å². The van der Waals surface area contributed by atoms with Gasteiger partial charge in [-0.1, -0.05) is 6.07 Å². The highest BCUT2D eigenvalue weighted by Crippen LogP contribution is 2.30. The summed E-state index contributed by atoms with van der Waals surface area (Å²) >= 11 is 0.951. The summed E-state index contributed by atoms with van der Waals surface area (Å²) in [5.74, 6) is -0.489. The Hall–Kier alpha value is -3.74. The summed E-state index contributed by atoms with van der Waals surface area (Å²) in [7, 11) is 0. The molecule has 34 heavy (non-hydrogen) atoms. The Kier molecular flexibility index (Phi) is 7.05. The van der Waals surface area contributed by atoms with Crippen LogP contribution in [0.1, 0.15) is 42.5 Å². The molecule has 13 heteroatoms. The third kappa shape index (κ3) is 6.63. The molecule has 1 aromatic carbocycles. The SMILES string of the molecule is Cc1nsc(Nc2cnc(C(F)(F)F)cn2)c1C(=O)Nc1cccc(NC(=O)OC(C)(C)C)c1. The average molecular weight is 494 g/mol. The number of rotatable bonds is 5. The van der Waals surface area contributed by atoms with E-state index < -0.39 is 29.5 Å². The molecule has 0 spiro atoms. The number of hydrogen-bond donors (Lipinski definition) is 3. The van der Waals surface area contributed by atoms with Crippen molar-refractivity contribution in [3.05, 3.63) is 53.6 Å². The minimum absolute atomic E-state index is 0.0225. The average Bonchev–Trinajstić information content (AvgIpc) is 3.06. The Morgan fingerprint density at radius 3 is 2.29 bits per heavy atom. The zero-order valence-electron chi connectivity index (χ0n) is 18.6. The molecule has 2 amide bonds. The van der Waals surface area contributed by atoms with Crippen molar-refractivity contribution in [3.8, 4) is 0 Å². The molecule has 0 radical (unpaired) electrons. The lowest BCUT2D eigenvalue weighted by Gasteiger charge is -2.19. The highest BCUT2D eigenvalue weighted by Gasteiger charge is 2.32. The molecule has 0 aliphatic heterocycles. The first-order valence-electron chi connectivity index (χ1n) is 9.86. The number of nitrogens with zero attached hydrogens (tertiary/aromatic N) is 3. The van der Waals surface area contributed by atoms with Crippen LogP contribution in [0.25, 0.3) is 0 Å². The predicted molar refractivity (Wildman–Crippen MR) is 121 cm³/mol. The molecular weight excluding hydrogens is 473 g/mol. The monoisotopic (exact) mass is 494 g/mol. The Bertz CT molecular complexity index is 1190. The molecule has 0 saturated heterocycles. The lowest BCUT2D eigenvalue weighted by molar-refractivity contribution is -0.141. The van der Waals surface area contributed by atoms with E-state index in [4.69, 9.17) is 4.74 Å². The molecule has 3 rings (SSSR count). The number of nitrogens with one attached hydrogen (secondary N) is 3. The van der Waals surface area contributed by atoms with Gasteiger partial charge in [-0.25, -0.2) is 14.8 Å². The standard InChI is InChI=1S/C21H21F3N6O3S/c1-11-16(18(34-30-11)29-15-10-25-14(9-26-15)21(22,23)24)17(31)27-12-6-5-7-13(8-12)28-19(32)33-20(2,3)4/h5-10H,1-4H3,(H,26,29)(H,27,31)(H,28,32). The lowest BCUT2D eigenvalue weighted by atomic mass is 10.2. The van der Waals surface area contributed by atoms with Crippen LogP contribution in [0, 0.1) is 6.92 Å². The van der Waals surface area contributed by atoms with Crippen molar-refractivity contribution in [3.63, 3.8) is 0 Å². The molecular formula is C21H21F3N6O3S. The fourth-order valence-electron chi connectivity index (χ4n) is 2.67. The lowest BCUT2D eigenvalue weighted by Crippen LogP contribution is -2.27. The van der Waals surface area contributed by atoms with Gasteiger partial charge in [-0.15, -0.1) is 0 Å². The third-order valence-electron chi connectivity index (χ3n) is 4.04. The number of amides is 2. The van der Waals surface area contributed by atoms with E-state index in [1.807, 2.05) is 0 Å². The second-order valence-electron chi connectivity index (χ2n) is 8.04. The van der Waals surface area contributed by atoms with Gasteiger partial charge in [0.05, 0.1) is 23.7 Å². The molecule has 0 aliphatic rings. The van der Waals surface area contributed by atoms with Crippen molar-refractivity contribution >= 4 is 45.7 Å². The number of benzene rings is 1. The summed E-state index contributed by atoms with van der Waals surface area (Å²) < 4.78 is 47.4. The summed E-state index contributed by atoms with van der Waals surface area (Å²) in [6, 6.07) is 6.44. The van der Waals surface area contributed by atoms with E-state index in [2.05, 4.69) is 30.3 Å². The molecule has 0 atom stereocenters. The highest BCUT2D eigenvalue weighted by atomic mass is 32.1. The Morgan fingerprint density at radius 2 is 1.71 bits per heavy atom.